The molecule has 1 saturated heterocycles. The predicted molar refractivity (Wildman–Crippen MR) is 58.7 cm³/mol. The number of nitrogen functional groups attached to an aromatic ring is 1. The predicted octanol–water partition coefficient (Wildman–Crippen LogP) is 0.796. The Bertz CT molecular complexity index is 350. The van der Waals surface area contributed by atoms with Crippen LogP contribution in [0.2, 0.25) is 0 Å². The molecule has 0 saturated carbocycles. The molecule has 0 radical (unpaired) electrons. The number of halogens is 2. The van der Waals surface area contributed by atoms with Gasteiger partial charge in [-0.25, -0.2) is 9.37 Å². The monoisotopic (exact) mass is 233 g/mol. The maximum atomic E-state index is 13.4. The van der Waals surface area contributed by atoms with Gasteiger partial charge in [0.2, 0.25) is 0 Å². The quantitative estimate of drug-likeness (QED) is 0.753. The lowest BCUT2D eigenvalue weighted by Gasteiger charge is -2.16. The summed E-state index contributed by atoms with van der Waals surface area (Å²) in [4.78, 5) is 5.63. The third-order valence-electron chi connectivity index (χ3n) is 2.31. The van der Waals surface area contributed by atoms with Crippen molar-refractivity contribution in [3.8, 4) is 0 Å². The van der Waals surface area contributed by atoms with Crippen LogP contribution in [0.1, 0.15) is 6.42 Å². The third-order valence-corrected chi connectivity index (χ3v) is 2.31. The number of rotatable bonds is 1. The second kappa shape index (κ2) is 4.63. The molecule has 1 aliphatic heterocycles. The highest BCUT2D eigenvalue weighted by atomic mass is 35.5. The number of pyridine rings is 1. The first kappa shape index (κ1) is 12.0. The van der Waals surface area contributed by atoms with Crippen LogP contribution in [0.3, 0.4) is 0 Å². The molecule has 1 aromatic heterocycles. The molecule has 0 unspecified atom stereocenters. The van der Waals surface area contributed by atoms with Crippen LogP contribution < -0.4 is 10.6 Å². The van der Waals surface area contributed by atoms with Gasteiger partial charge in [0.1, 0.15) is 0 Å². The van der Waals surface area contributed by atoms with Gasteiger partial charge in [-0.05, 0) is 6.42 Å². The van der Waals surface area contributed by atoms with Crippen LogP contribution in [0.5, 0.6) is 0 Å². The van der Waals surface area contributed by atoms with Crippen molar-refractivity contribution >= 4 is 23.9 Å². The van der Waals surface area contributed by atoms with Crippen molar-refractivity contribution in [3.63, 3.8) is 0 Å². The molecule has 0 aliphatic carbocycles. The number of nitrogens with zero attached hydrogens (tertiary/aromatic N) is 2. The molecule has 0 bridgehead atoms. The SMILES string of the molecule is Cl.Nc1cnc(N2CC[C@H](O)C2)c(F)c1. The number of β-amino-alcohol motifs (C(OH)–C–C–N with tert-alkyl or cyclic N) is 1. The molecule has 4 nitrogen and oxygen atoms in total. The summed E-state index contributed by atoms with van der Waals surface area (Å²) in [6, 6.07) is 1.24. The van der Waals surface area contributed by atoms with Gasteiger partial charge < -0.3 is 15.7 Å². The highest BCUT2D eigenvalue weighted by Crippen LogP contribution is 2.22. The van der Waals surface area contributed by atoms with Gasteiger partial charge in [-0.1, -0.05) is 0 Å². The first-order valence-electron chi connectivity index (χ1n) is 4.51. The molecule has 84 valence electrons. The Kier molecular flexibility index (Phi) is 3.71. The van der Waals surface area contributed by atoms with Crippen LogP contribution in [-0.4, -0.2) is 29.3 Å². The first-order chi connectivity index (χ1) is 6.66. The van der Waals surface area contributed by atoms with E-state index < -0.39 is 5.82 Å². The molecule has 1 fully saturated rings. The molecule has 2 heterocycles. The van der Waals surface area contributed by atoms with Crippen molar-refractivity contribution < 1.29 is 9.50 Å². The Morgan fingerprint density at radius 3 is 2.87 bits per heavy atom. The maximum Gasteiger partial charge on any atom is 0.167 e. The number of anilines is 2. The molecule has 6 heteroatoms. The summed E-state index contributed by atoms with van der Waals surface area (Å²) in [5.41, 5.74) is 5.69. The highest BCUT2D eigenvalue weighted by Gasteiger charge is 2.23. The average molecular weight is 234 g/mol. The number of nitrogens with two attached hydrogens (primary N) is 1. The minimum Gasteiger partial charge on any atom is -0.397 e. The van der Waals surface area contributed by atoms with E-state index in [0.29, 0.717) is 25.2 Å². The van der Waals surface area contributed by atoms with Crippen molar-refractivity contribution in [1.29, 1.82) is 0 Å². The van der Waals surface area contributed by atoms with Gasteiger partial charge in [0.15, 0.2) is 11.6 Å². The van der Waals surface area contributed by atoms with Crippen molar-refractivity contribution in [2.24, 2.45) is 0 Å². The molecule has 1 atom stereocenters. The topological polar surface area (TPSA) is 62.4 Å². The zero-order valence-corrected chi connectivity index (χ0v) is 8.88. The van der Waals surface area contributed by atoms with E-state index in [1.165, 1.54) is 12.3 Å². The van der Waals surface area contributed by atoms with Gasteiger partial charge >= 0.3 is 0 Å². The van der Waals surface area contributed by atoms with Crippen LogP contribution in [-0.2, 0) is 0 Å². The number of aromatic nitrogens is 1. The summed E-state index contributed by atoms with van der Waals surface area (Å²) in [7, 11) is 0. The van der Waals surface area contributed by atoms with E-state index >= 15 is 0 Å². The smallest absolute Gasteiger partial charge is 0.167 e. The molecule has 0 amide bonds. The molecular formula is C9H13ClFN3O. The zero-order valence-electron chi connectivity index (χ0n) is 8.06. The van der Waals surface area contributed by atoms with E-state index in [1.54, 1.807) is 4.90 Å². The Morgan fingerprint density at radius 1 is 1.60 bits per heavy atom. The molecule has 1 aliphatic rings. The second-order valence-corrected chi connectivity index (χ2v) is 3.46. The van der Waals surface area contributed by atoms with Crippen molar-refractivity contribution in [2.75, 3.05) is 23.7 Å². The van der Waals surface area contributed by atoms with E-state index in [4.69, 9.17) is 5.73 Å². The maximum absolute atomic E-state index is 13.4. The summed E-state index contributed by atoms with van der Waals surface area (Å²) >= 11 is 0. The minimum absolute atomic E-state index is 0. The van der Waals surface area contributed by atoms with Gasteiger partial charge in [-0.3, -0.25) is 0 Å². The van der Waals surface area contributed by atoms with Crippen molar-refractivity contribution in [2.45, 2.75) is 12.5 Å². The lowest BCUT2D eigenvalue weighted by Crippen LogP contribution is -2.23. The Balaban J connectivity index is 0.00000112. The average Bonchev–Trinajstić information content (AvgIpc) is 2.51. The summed E-state index contributed by atoms with van der Waals surface area (Å²) in [6.45, 7) is 1.07. The molecular weight excluding hydrogens is 221 g/mol. The molecule has 0 spiro atoms. The van der Waals surface area contributed by atoms with E-state index in [1.807, 2.05) is 0 Å². The summed E-state index contributed by atoms with van der Waals surface area (Å²) in [5.74, 6) is -0.158. The van der Waals surface area contributed by atoms with Crippen molar-refractivity contribution in [1.82, 2.24) is 4.98 Å². The molecule has 1 aromatic rings. The lowest BCUT2D eigenvalue weighted by molar-refractivity contribution is 0.198. The Labute approximate surface area is 93.3 Å². The zero-order chi connectivity index (χ0) is 10.1. The van der Waals surface area contributed by atoms with Gasteiger partial charge in [0.05, 0.1) is 18.0 Å². The normalized spacial score (nSPS) is 20.1. The van der Waals surface area contributed by atoms with Crippen LogP contribution in [0.4, 0.5) is 15.9 Å². The molecule has 0 aromatic carbocycles. The Hall–Kier alpha value is -1.07. The van der Waals surface area contributed by atoms with Gasteiger partial charge in [0.25, 0.3) is 0 Å². The van der Waals surface area contributed by atoms with Crippen LogP contribution in [0.15, 0.2) is 12.3 Å². The fourth-order valence-corrected chi connectivity index (χ4v) is 1.61. The molecule has 2 rings (SSSR count). The minimum atomic E-state index is -0.431. The van der Waals surface area contributed by atoms with E-state index in [9.17, 15) is 9.50 Å². The summed E-state index contributed by atoms with van der Waals surface area (Å²) < 4.78 is 13.4. The van der Waals surface area contributed by atoms with E-state index in [2.05, 4.69) is 4.98 Å². The van der Waals surface area contributed by atoms with Crippen LogP contribution in [0.25, 0.3) is 0 Å². The highest BCUT2D eigenvalue weighted by molar-refractivity contribution is 5.85. The van der Waals surface area contributed by atoms with Crippen LogP contribution in [0, 0.1) is 5.82 Å². The number of hydrogen-bond acceptors (Lipinski definition) is 4. The largest absolute Gasteiger partial charge is 0.397 e. The van der Waals surface area contributed by atoms with Crippen LogP contribution >= 0.6 is 12.4 Å². The second-order valence-electron chi connectivity index (χ2n) is 3.46. The van der Waals surface area contributed by atoms with E-state index in [-0.39, 0.29) is 24.3 Å². The standard InChI is InChI=1S/C9H12FN3O.ClH/c10-8-3-6(11)4-12-9(8)13-2-1-7(14)5-13;/h3-4,7,14H,1-2,5,11H2;1H/t7-;/m0./s1. The third kappa shape index (κ3) is 2.49. The number of aliphatic hydroxyl groups is 1. The molecule has 15 heavy (non-hydrogen) atoms. The van der Waals surface area contributed by atoms with E-state index in [0.717, 1.165) is 0 Å². The Morgan fingerprint density at radius 2 is 2.33 bits per heavy atom. The lowest BCUT2D eigenvalue weighted by atomic mass is 10.3. The van der Waals surface area contributed by atoms with Gasteiger partial charge in [-0.15, -0.1) is 12.4 Å². The molecule has 3 N–H and O–H groups in total. The van der Waals surface area contributed by atoms with Crippen molar-refractivity contribution in [3.05, 3.63) is 18.1 Å². The summed E-state index contributed by atoms with van der Waals surface area (Å²) in [6.07, 6.45) is 1.70. The van der Waals surface area contributed by atoms with Gasteiger partial charge in [-0.2, -0.15) is 0 Å². The number of aliphatic hydroxyl groups excluding tert-OH is 1. The first-order valence-corrected chi connectivity index (χ1v) is 4.51. The number of hydrogen-bond donors (Lipinski definition) is 2. The fourth-order valence-electron chi connectivity index (χ4n) is 1.61. The van der Waals surface area contributed by atoms with Gasteiger partial charge in [0, 0.05) is 19.2 Å². The fraction of sp³-hybridized carbons (Fsp3) is 0.444. The summed E-state index contributed by atoms with van der Waals surface area (Å²) in [5, 5.41) is 9.29.